The first-order valence-electron chi connectivity index (χ1n) is 6.97. The Morgan fingerprint density at radius 1 is 1.25 bits per heavy atom. The molecule has 0 aromatic carbocycles. The zero-order chi connectivity index (χ0) is 14.8. The van der Waals surface area contributed by atoms with Gasteiger partial charge >= 0.3 is 12.0 Å². The summed E-state index contributed by atoms with van der Waals surface area (Å²) in [7, 11) is 1.62. The molecule has 0 aromatic rings. The van der Waals surface area contributed by atoms with Crippen LogP contribution in [-0.2, 0) is 14.3 Å². The number of nitrogens with one attached hydrogen (secondary N) is 2. The molecular weight excluding hydrogens is 264 g/mol. The number of urea groups is 1. The summed E-state index contributed by atoms with van der Waals surface area (Å²) in [5, 5.41) is 14.4. The van der Waals surface area contributed by atoms with Gasteiger partial charge in [0.05, 0.1) is 19.1 Å². The zero-order valence-electron chi connectivity index (χ0n) is 11.9. The summed E-state index contributed by atoms with van der Waals surface area (Å²) in [5.41, 5.74) is 0. The Bertz CT molecular complexity index is 311. The number of hydrogen-bond donors (Lipinski definition) is 3. The van der Waals surface area contributed by atoms with Gasteiger partial charge in [-0.15, -0.1) is 0 Å². The zero-order valence-corrected chi connectivity index (χ0v) is 11.9. The standard InChI is InChI=1S/C13H24N2O5/c1-19-7-8-20-6-2-5-14-13(18)15-11-4-3-10(9-11)12(16)17/h10-11H,2-9H2,1H3,(H,16,17)(H2,14,15,18)/t10-,11+/m1/s1. The van der Waals surface area contributed by atoms with Crippen molar-refractivity contribution in [2.45, 2.75) is 31.7 Å². The van der Waals surface area contributed by atoms with E-state index in [2.05, 4.69) is 10.6 Å². The first-order chi connectivity index (χ1) is 9.63. The molecule has 7 heteroatoms. The van der Waals surface area contributed by atoms with Crippen LogP contribution in [0.4, 0.5) is 4.79 Å². The second kappa shape index (κ2) is 9.55. The first-order valence-corrected chi connectivity index (χ1v) is 6.97. The van der Waals surface area contributed by atoms with E-state index >= 15 is 0 Å². The fourth-order valence-electron chi connectivity index (χ4n) is 2.19. The van der Waals surface area contributed by atoms with Gasteiger partial charge in [-0.2, -0.15) is 0 Å². The third-order valence-electron chi connectivity index (χ3n) is 3.30. The van der Waals surface area contributed by atoms with Gasteiger partial charge in [-0.05, 0) is 25.7 Å². The molecule has 1 aliphatic carbocycles. The predicted octanol–water partition coefficient (Wildman–Crippen LogP) is 0.592. The molecule has 0 aromatic heterocycles. The fraction of sp³-hybridized carbons (Fsp3) is 0.846. The van der Waals surface area contributed by atoms with Crippen LogP contribution >= 0.6 is 0 Å². The SMILES string of the molecule is COCCOCCCNC(=O)N[C@H]1CC[C@@H](C(=O)O)C1. The first kappa shape index (κ1) is 16.7. The van der Waals surface area contributed by atoms with E-state index in [-0.39, 0.29) is 18.0 Å². The van der Waals surface area contributed by atoms with Gasteiger partial charge in [0.1, 0.15) is 0 Å². The largest absolute Gasteiger partial charge is 0.481 e. The van der Waals surface area contributed by atoms with Crippen molar-refractivity contribution in [3.05, 3.63) is 0 Å². The molecule has 2 amide bonds. The molecule has 0 unspecified atom stereocenters. The van der Waals surface area contributed by atoms with Crippen LogP contribution in [0, 0.1) is 5.92 Å². The van der Waals surface area contributed by atoms with E-state index in [4.69, 9.17) is 14.6 Å². The van der Waals surface area contributed by atoms with Gasteiger partial charge in [0.25, 0.3) is 0 Å². The molecule has 0 bridgehead atoms. The minimum atomic E-state index is -0.775. The lowest BCUT2D eigenvalue weighted by Crippen LogP contribution is -2.41. The van der Waals surface area contributed by atoms with E-state index in [1.54, 1.807) is 7.11 Å². The molecule has 0 aliphatic heterocycles. The van der Waals surface area contributed by atoms with Crippen LogP contribution in [0.2, 0.25) is 0 Å². The average Bonchev–Trinajstić information content (AvgIpc) is 2.86. The Hall–Kier alpha value is -1.34. The number of amides is 2. The van der Waals surface area contributed by atoms with Crippen molar-refractivity contribution in [2.24, 2.45) is 5.92 Å². The third kappa shape index (κ3) is 6.72. The number of carbonyl (C=O) groups excluding carboxylic acids is 1. The maximum atomic E-state index is 11.6. The Kier molecular flexibility index (Phi) is 7.98. The van der Waals surface area contributed by atoms with Gasteiger partial charge in [-0.25, -0.2) is 4.79 Å². The second-order valence-electron chi connectivity index (χ2n) is 4.90. The highest BCUT2D eigenvalue weighted by atomic mass is 16.5. The smallest absolute Gasteiger partial charge is 0.315 e. The van der Waals surface area contributed by atoms with E-state index < -0.39 is 5.97 Å². The van der Waals surface area contributed by atoms with Crippen molar-refractivity contribution in [1.29, 1.82) is 0 Å². The van der Waals surface area contributed by atoms with Gasteiger partial charge in [0.15, 0.2) is 0 Å². The Morgan fingerprint density at radius 2 is 2.05 bits per heavy atom. The molecule has 1 fully saturated rings. The van der Waals surface area contributed by atoms with Crippen molar-refractivity contribution < 1.29 is 24.2 Å². The summed E-state index contributed by atoms with van der Waals surface area (Å²) < 4.78 is 10.1. The van der Waals surface area contributed by atoms with Crippen LogP contribution in [-0.4, -0.2) is 56.6 Å². The lowest BCUT2D eigenvalue weighted by Gasteiger charge is -2.13. The van der Waals surface area contributed by atoms with E-state index in [9.17, 15) is 9.59 Å². The lowest BCUT2D eigenvalue weighted by atomic mass is 10.1. The maximum Gasteiger partial charge on any atom is 0.315 e. The molecule has 7 nitrogen and oxygen atoms in total. The molecule has 116 valence electrons. The number of hydrogen-bond acceptors (Lipinski definition) is 4. The van der Waals surface area contributed by atoms with Crippen LogP contribution < -0.4 is 10.6 Å². The molecule has 1 aliphatic rings. The maximum absolute atomic E-state index is 11.6. The normalized spacial score (nSPS) is 21.6. The molecule has 3 N–H and O–H groups in total. The van der Waals surface area contributed by atoms with E-state index in [1.165, 1.54) is 0 Å². The van der Waals surface area contributed by atoms with Crippen molar-refractivity contribution in [1.82, 2.24) is 10.6 Å². The van der Waals surface area contributed by atoms with Crippen LogP contribution in [0.5, 0.6) is 0 Å². The molecule has 1 saturated carbocycles. The monoisotopic (exact) mass is 288 g/mol. The quantitative estimate of drug-likeness (QED) is 0.540. The molecule has 1 rings (SSSR count). The summed E-state index contributed by atoms with van der Waals surface area (Å²) in [5.74, 6) is -1.10. The summed E-state index contributed by atoms with van der Waals surface area (Å²) in [6.07, 6.45) is 2.61. The minimum absolute atomic E-state index is 0.0333. The number of carboxylic acids is 1. The highest BCUT2D eigenvalue weighted by Crippen LogP contribution is 2.25. The van der Waals surface area contributed by atoms with E-state index in [1.807, 2.05) is 0 Å². The number of aliphatic carboxylic acids is 1. The van der Waals surface area contributed by atoms with Crippen molar-refractivity contribution in [3.8, 4) is 0 Å². The summed E-state index contributed by atoms with van der Waals surface area (Å²) >= 11 is 0. The van der Waals surface area contributed by atoms with Crippen LogP contribution in [0.15, 0.2) is 0 Å². The molecule has 20 heavy (non-hydrogen) atoms. The van der Waals surface area contributed by atoms with Gasteiger partial charge in [-0.3, -0.25) is 4.79 Å². The summed E-state index contributed by atoms with van der Waals surface area (Å²) in [6.45, 7) is 2.24. The van der Waals surface area contributed by atoms with Crippen molar-refractivity contribution >= 4 is 12.0 Å². The van der Waals surface area contributed by atoms with Crippen LogP contribution in [0.1, 0.15) is 25.7 Å². The van der Waals surface area contributed by atoms with Gasteiger partial charge in [0, 0.05) is 26.3 Å². The van der Waals surface area contributed by atoms with Crippen molar-refractivity contribution in [3.63, 3.8) is 0 Å². The van der Waals surface area contributed by atoms with Crippen LogP contribution in [0.3, 0.4) is 0 Å². The predicted molar refractivity (Wildman–Crippen MR) is 72.6 cm³/mol. The molecule has 0 radical (unpaired) electrons. The minimum Gasteiger partial charge on any atom is -0.481 e. The second-order valence-corrected chi connectivity index (χ2v) is 4.90. The van der Waals surface area contributed by atoms with Gasteiger partial charge in [0.2, 0.25) is 0 Å². The average molecular weight is 288 g/mol. The van der Waals surface area contributed by atoms with Crippen LogP contribution in [0.25, 0.3) is 0 Å². The van der Waals surface area contributed by atoms with Gasteiger partial charge < -0.3 is 25.2 Å². The number of carbonyl (C=O) groups is 2. The topological polar surface area (TPSA) is 96.9 Å². The molecular formula is C13H24N2O5. The number of rotatable bonds is 9. The molecule has 0 spiro atoms. The number of ether oxygens (including phenoxy) is 2. The van der Waals surface area contributed by atoms with Crippen molar-refractivity contribution in [2.75, 3.05) is 33.5 Å². The number of carboxylic acid groups (broad SMARTS) is 1. The highest BCUT2D eigenvalue weighted by molar-refractivity contribution is 5.75. The van der Waals surface area contributed by atoms with E-state index in [0.717, 1.165) is 12.8 Å². The number of methoxy groups -OCH3 is 1. The Morgan fingerprint density at radius 3 is 2.70 bits per heavy atom. The molecule has 2 atom stereocenters. The Labute approximate surface area is 119 Å². The van der Waals surface area contributed by atoms with E-state index in [0.29, 0.717) is 39.2 Å². The fourth-order valence-corrected chi connectivity index (χ4v) is 2.19. The molecule has 0 heterocycles. The lowest BCUT2D eigenvalue weighted by molar-refractivity contribution is -0.141. The highest BCUT2D eigenvalue weighted by Gasteiger charge is 2.30. The summed E-state index contributed by atoms with van der Waals surface area (Å²) in [4.78, 5) is 22.4. The Balaban J connectivity index is 2.00. The third-order valence-corrected chi connectivity index (χ3v) is 3.30. The van der Waals surface area contributed by atoms with Gasteiger partial charge in [-0.1, -0.05) is 0 Å². The molecule has 0 saturated heterocycles. The summed E-state index contributed by atoms with van der Waals surface area (Å²) in [6, 6.07) is -0.271.